The Kier molecular flexibility index (Phi) is 5.11. The molecule has 0 atom stereocenters. The number of ketones is 1. The molecule has 0 fully saturated rings. The number of carboxylic acid groups (broad SMARTS) is 1. The Morgan fingerprint density at radius 2 is 2.11 bits per heavy atom. The Balaban J connectivity index is 3.09. The third-order valence-corrected chi connectivity index (χ3v) is 2.42. The molecule has 0 aliphatic heterocycles. The van der Waals surface area contributed by atoms with Gasteiger partial charge < -0.3 is 9.84 Å². The number of rotatable bonds is 6. The molecule has 0 unspecified atom stereocenters. The van der Waals surface area contributed by atoms with Crippen LogP contribution in [0.15, 0.2) is 24.3 Å². The minimum Gasteiger partial charge on any atom is -0.496 e. The van der Waals surface area contributed by atoms with Crippen molar-refractivity contribution < 1.29 is 19.4 Å². The quantitative estimate of drug-likeness (QED) is 0.621. The Hall–Kier alpha value is -2.10. The van der Waals surface area contributed by atoms with Gasteiger partial charge in [-0.3, -0.25) is 4.79 Å². The first-order chi connectivity index (χ1) is 8.58. The second-order valence-corrected chi connectivity index (χ2v) is 3.80. The summed E-state index contributed by atoms with van der Waals surface area (Å²) in [6, 6.07) is 5.03. The Bertz CT molecular complexity index is 475. The zero-order valence-electron chi connectivity index (χ0n) is 10.5. The monoisotopic (exact) mass is 248 g/mol. The van der Waals surface area contributed by atoms with Crippen LogP contribution in [0.1, 0.15) is 35.7 Å². The SMILES string of the molecule is CCCC(=O)c1cc(/C=C/C(=O)O)ccc1OC. The van der Waals surface area contributed by atoms with Crippen molar-refractivity contribution in [2.24, 2.45) is 0 Å². The fourth-order valence-electron chi connectivity index (χ4n) is 1.58. The van der Waals surface area contributed by atoms with Crippen LogP contribution in [-0.2, 0) is 4.79 Å². The zero-order chi connectivity index (χ0) is 13.5. The van der Waals surface area contributed by atoms with Crippen LogP contribution >= 0.6 is 0 Å². The van der Waals surface area contributed by atoms with Crippen LogP contribution in [0.5, 0.6) is 5.75 Å². The van der Waals surface area contributed by atoms with Gasteiger partial charge in [0.05, 0.1) is 12.7 Å². The van der Waals surface area contributed by atoms with Gasteiger partial charge in [-0.25, -0.2) is 4.79 Å². The van der Waals surface area contributed by atoms with E-state index in [0.717, 1.165) is 12.5 Å². The van der Waals surface area contributed by atoms with Crippen molar-refractivity contribution >= 4 is 17.8 Å². The smallest absolute Gasteiger partial charge is 0.328 e. The molecule has 0 saturated carbocycles. The second-order valence-electron chi connectivity index (χ2n) is 3.80. The molecule has 0 heterocycles. The maximum absolute atomic E-state index is 11.9. The largest absolute Gasteiger partial charge is 0.496 e. The van der Waals surface area contributed by atoms with Gasteiger partial charge in [0.25, 0.3) is 0 Å². The highest BCUT2D eigenvalue weighted by Gasteiger charge is 2.11. The normalized spacial score (nSPS) is 10.6. The van der Waals surface area contributed by atoms with Gasteiger partial charge in [-0.1, -0.05) is 13.0 Å². The Labute approximate surface area is 106 Å². The molecule has 18 heavy (non-hydrogen) atoms. The van der Waals surface area contributed by atoms with E-state index < -0.39 is 5.97 Å². The summed E-state index contributed by atoms with van der Waals surface area (Å²) in [6.45, 7) is 1.93. The van der Waals surface area contributed by atoms with Gasteiger partial charge in [-0.15, -0.1) is 0 Å². The zero-order valence-corrected chi connectivity index (χ0v) is 10.5. The van der Waals surface area contributed by atoms with Crippen LogP contribution in [-0.4, -0.2) is 24.0 Å². The molecule has 4 heteroatoms. The van der Waals surface area contributed by atoms with E-state index in [-0.39, 0.29) is 5.78 Å². The molecule has 1 rings (SSSR count). The predicted molar refractivity (Wildman–Crippen MR) is 68.9 cm³/mol. The van der Waals surface area contributed by atoms with E-state index in [9.17, 15) is 9.59 Å². The highest BCUT2D eigenvalue weighted by atomic mass is 16.5. The van der Waals surface area contributed by atoms with Gasteiger partial charge >= 0.3 is 5.97 Å². The van der Waals surface area contributed by atoms with Crippen LogP contribution in [0.25, 0.3) is 6.08 Å². The van der Waals surface area contributed by atoms with Gasteiger partial charge in [0.15, 0.2) is 5.78 Å². The van der Waals surface area contributed by atoms with E-state index in [4.69, 9.17) is 9.84 Å². The summed E-state index contributed by atoms with van der Waals surface area (Å²) in [4.78, 5) is 22.3. The lowest BCUT2D eigenvalue weighted by molar-refractivity contribution is -0.131. The maximum atomic E-state index is 11.9. The van der Waals surface area contributed by atoms with Crippen molar-refractivity contribution in [2.75, 3.05) is 7.11 Å². The van der Waals surface area contributed by atoms with Gasteiger partial charge in [-0.2, -0.15) is 0 Å². The Morgan fingerprint density at radius 3 is 2.67 bits per heavy atom. The lowest BCUT2D eigenvalue weighted by atomic mass is 10.0. The van der Waals surface area contributed by atoms with Crippen molar-refractivity contribution in [2.45, 2.75) is 19.8 Å². The van der Waals surface area contributed by atoms with Crippen LogP contribution < -0.4 is 4.74 Å². The summed E-state index contributed by atoms with van der Waals surface area (Å²) in [7, 11) is 1.50. The van der Waals surface area contributed by atoms with Gasteiger partial charge in [0.2, 0.25) is 0 Å². The molecule has 1 aromatic carbocycles. The molecule has 0 aliphatic rings. The first kappa shape index (κ1) is 14.0. The number of carbonyl (C=O) groups is 2. The first-order valence-corrected chi connectivity index (χ1v) is 5.70. The number of methoxy groups -OCH3 is 1. The third kappa shape index (κ3) is 3.73. The molecule has 0 saturated heterocycles. The average molecular weight is 248 g/mol. The highest BCUT2D eigenvalue weighted by Crippen LogP contribution is 2.22. The number of carbonyl (C=O) groups excluding carboxylic acids is 1. The Morgan fingerprint density at radius 1 is 1.39 bits per heavy atom. The average Bonchev–Trinajstić information content (AvgIpc) is 2.36. The highest BCUT2D eigenvalue weighted by molar-refractivity contribution is 5.99. The van der Waals surface area contributed by atoms with Crippen molar-refractivity contribution in [1.29, 1.82) is 0 Å². The van der Waals surface area contributed by atoms with E-state index in [2.05, 4.69) is 0 Å². The number of benzene rings is 1. The summed E-state index contributed by atoms with van der Waals surface area (Å²) < 4.78 is 5.13. The molecular weight excluding hydrogens is 232 g/mol. The van der Waals surface area contributed by atoms with E-state index in [0.29, 0.717) is 23.3 Å². The van der Waals surface area contributed by atoms with Gasteiger partial charge in [0, 0.05) is 12.5 Å². The van der Waals surface area contributed by atoms with Crippen molar-refractivity contribution in [3.05, 3.63) is 35.4 Å². The second kappa shape index (κ2) is 6.59. The number of ether oxygens (including phenoxy) is 1. The van der Waals surface area contributed by atoms with Gasteiger partial charge in [-0.05, 0) is 30.2 Å². The molecule has 0 bridgehead atoms. The predicted octanol–water partition coefficient (Wildman–Crippen LogP) is 2.78. The van der Waals surface area contributed by atoms with Crippen LogP contribution in [0.4, 0.5) is 0 Å². The molecule has 0 amide bonds. The standard InChI is InChI=1S/C14H16O4/c1-3-4-12(15)11-9-10(6-8-14(16)17)5-7-13(11)18-2/h5-9H,3-4H2,1-2H3,(H,16,17)/b8-6+. The molecule has 1 aromatic rings. The van der Waals surface area contributed by atoms with Crippen LogP contribution in [0.2, 0.25) is 0 Å². The lowest BCUT2D eigenvalue weighted by Gasteiger charge is -2.08. The van der Waals surface area contributed by atoms with Crippen LogP contribution in [0.3, 0.4) is 0 Å². The summed E-state index contributed by atoms with van der Waals surface area (Å²) in [5.74, 6) is -0.506. The lowest BCUT2D eigenvalue weighted by Crippen LogP contribution is -2.02. The topological polar surface area (TPSA) is 63.6 Å². The van der Waals surface area contributed by atoms with E-state index >= 15 is 0 Å². The minimum atomic E-state index is -1.02. The van der Waals surface area contributed by atoms with E-state index in [1.54, 1.807) is 18.2 Å². The molecular formula is C14H16O4. The molecule has 4 nitrogen and oxygen atoms in total. The summed E-state index contributed by atoms with van der Waals surface area (Å²) in [5.41, 5.74) is 1.16. The molecule has 0 radical (unpaired) electrons. The number of hydrogen-bond acceptors (Lipinski definition) is 3. The number of carboxylic acids is 1. The first-order valence-electron chi connectivity index (χ1n) is 5.70. The van der Waals surface area contributed by atoms with Crippen molar-refractivity contribution in [3.8, 4) is 5.75 Å². The van der Waals surface area contributed by atoms with E-state index in [1.165, 1.54) is 13.2 Å². The molecule has 96 valence electrons. The molecule has 0 spiro atoms. The molecule has 0 aromatic heterocycles. The molecule has 1 N–H and O–H groups in total. The van der Waals surface area contributed by atoms with E-state index in [1.807, 2.05) is 6.92 Å². The number of aliphatic carboxylic acids is 1. The van der Waals surface area contributed by atoms with Crippen molar-refractivity contribution in [3.63, 3.8) is 0 Å². The summed E-state index contributed by atoms with van der Waals surface area (Å²) in [5, 5.41) is 8.56. The molecule has 0 aliphatic carbocycles. The fourth-order valence-corrected chi connectivity index (χ4v) is 1.58. The minimum absolute atomic E-state index is 0.0000694. The third-order valence-electron chi connectivity index (χ3n) is 2.42. The van der Waals surface area contributed by atoms with Crippen molar-refractivity contribution in [1.82, 2.24) is 0 Å². The number of hydrogen-bond donors (Lipinski definition) is 1. The van der Waals surface area contributed by atoms with Crippen LogP contribution in [0, 0.1) is 0 Å². The fraction of sp³-hybridized carbons (Fsp3) is 0.286. The maximum Gasteiger partial charge on any atom is 0.328 e. The number of Topliss-reactive ketones (excluding diaryl/α,β-unsaturated/α-hetero) is 1. The summed E-state index contributed by atoms with van der Waals surface area (Å²) in [6.07, 6.45) is 3.69. The van der Waals surface area contributed by atoms with Gasteiger partial charge in [0.1, 0.15) is 5.75 Å². The summed E-state index contributed by atoms with van der Waals surface area (Å²) >= 11 is 0.